The minimum Gasteiger partial charge on any atom is -0.258 e. The molecule has 5 heteroatoms. The molecule has 1 unspecified atom stereocenters. The molecule has 0 saturated carbocycles. The number of hydrogen-bond donors (Lipinski definition) is 0. The normalized spacial score (nSPS) is 24.3. The van der Waals surface area contributed by atoms with E-state index in [0.29, 0.717) is 11.4 Å². The minimum atomic E-state index is -2.85. The number of sulfone groups is 1. The van der Waals surface area contributed by atoms with Crippen molar-refractivity contribution in [1.29, 1.82) is 0 Å². The summed E-state index contributed by atoms with van der Waals surface area (Å²) in [7, 11) is -2.85. The van der Waals surface area contributed by atoms with Gasteiger partial charge in [0.25, 0.3) is 0 Å². The van der Waals surface area contributed by atoms with Crippen molar-refractivity contribution in [2.45, 2.75) is 19.3 Å². The van der Waals surface area contributed by atoms with Crippen LogP contribution in [0.25, 0.3) is 0 Å². The quantitative estimate of drug-likeness (QED) is 0.760. The van der Waals surface area contributed by atoms with Crippen molar-refractivity contribution >= 4 is 21.4 Å². The van der Waals surface area contributed by atoms with Crippen molar-refractivity contribution < 1.29 is 8.42 Å². The van der Waals surface area contributed by atoms with Gasteiger partial charge in [0.1, 0.15) is 0 Å². The number of hydrogen-bond acceptors (Lipinski definition) is 3. The van der Waals surface area contributed by atoms with Gasteiger partial charge in [0.05, 0.1) is 11.5 Å². The Bertz CT molecular complexity index is 464. The summed E-state index contributed by atoms with van der Waals surface area (Å²) in [5.74, 6) is 0.498. The van der Waals surface area contributed by atoms with E-state index in [1.54, 1.807) is 12.1 Å². The molecule has 0 radical (unpaired) electrons. The summed E-state index contributed by atoms with van der Waals surface area (Å²) in [4.78, 5) is 4.33. The predicted molar refractivity (Wildman–Crippen MR) is 60.0 cm³/mol. The Kier molecular flexibility index (Phi) is 2.73. The highest BCUT2D eigenvalue weighted by Crippen LogP contribution is 2.29. The standard InChI is InChI=1S/C10H12ClNO2S/c1-7-4-9(11)5-10(12-7)8-2-3-15(13,14)6-8/h4-5,8H,2-3,6H2,1H3. The Morgan fingerprint density at radius 3 is 2.73 bits per heavy atom. The van der Waals surface area contributed by atoms with Crippen LogP contribution in [-0.4, -0.2) is 24.9 Å². The zero-order valence-electron chi connectivity index (χ0n) is 8.40. The van der Waals surface area contributed by atoms with Gasteiger partial charge in [-0.05, 0) is 25.5 Å². The average molecular weight is 246 g/mol. The van der Waals surface area contributed by atoms with Gasteiger partial charge in [0, 0.05) is 22.3 Å². The second-order valence-electron chi connectivity index (χ2n) is 3.95. The van der Waals surface area contributed by atoms with Crippen LogP contribution in [0.15, 0.2) is 12.1 Å². The lowest BCUT2D eigenvalue weighted by Crippen LogP contribution is -2.05. The molecule has 0 N–H and O–H groups in total. The van der Waals surface area contributed by atoms with Crippen LogP contribution in [0.2, 0.25) is 5.02 Å². The molecule has 1 atom stereocenters. The molecule has 0 amide bonds. The maximum Gasteiger partial charge on any atom is 0.151 e. The summed E-state index contributed by atoms with van der Waals surface area (Å²) in [6.45, 7) is 1.86. The number of aromatic nitrogens is 1. The largest absolute Gasteiger partial charge is 0.258 e. The van der Waals surface area contributed by atoms with E-state index < -0.39 is 9.84 Å². The Hall–Kier alpha value is -0.610. The van der Waals surface area contributed by atoms with Crippen molar-refractivity contribution in [3.63, 3.8) is 0 Å². The molecule has 1 aliphatic rings. The Labute approximate surface area is 94.4 Å². The molecule has 1 saturated heterocycles. The molecule has 2 rings (SSSR count). The lowest BCUT2D eigenvalue weighted by Gasteiger charge is -2.08. The second kappa shape index (κ2) is 3.76. The predicted octanol–water partition coefficient (Wildman–Crippen LogP) is 1.95. The fourth-order valence-corrected chi connectivity index (χ4v) is 3.92. The van der Waals surface area contributed by atoms with Crippen molar-refractivity contribution in [3.05, 3.63) is 28.5 Å². The number of nitrogens with zero attached hydrogens (tertiary/aromatic N) is 1. The summed E-state index contributed by atoms with van der Waals surface area (Å²) < 4.78 is 22.6. The van der Waals surface area contributed by atoms with E-state index in [1.807, 2.05) is 6.92 Å². The van der Waals surface area contributed by atoms with E-state index >= 15 is 0 Å². The van der Waals surface area contributed by atoms with Crippen LogP contribution in [0.1, 0.15) is 23.7 Å². The maximum absolute atomic E-state index is 11.3. The molecular formula is C10H12ClNO2S. The van der Waals surface area contributed by atoms with Gasteiger partial charge in [-0.2, -0.15) is 0 Å². The van der Waals surface area contributed by atoms with Crippen LogP contribution in [0, 0.1) is 6.92 Å². The van der Waals surface area contributed by atoms with Gasteiger partial charge in [-0.15, -0.1) is 0 Å². The molecule has 0 aromatic carbocycles. The number of pyridine rings is 1. The van der Waals surface area contributed by atoms with Crippen LogP contribution >= 0.6 is 11.6 Å². The molecule has 1 aromatic heterocycles. The molecule has 0 spiro atoms. The van der Waals surface area contributed by atoms with Crippen LogP contribution in [0.3, 0.4) is 0 Å². The Morgan fingerprint density at radius 2 is 2.20 bits per heavy atom. The lowest BCUT2D eigenvalue weighted by molar-refractivity contribution is 0.601. The molecule has 1 fully saturated rings. The molecule has 82 valence electrons. The zero-order valence-corrected chi connectivity index (χ0v) is 9.98. The summed E-state index contributed by atoms with van der Waals surface area (Å²) in [6, 6.07) is 3.54. The van der Waals surface area contributed by atoms with Crippen LogP contribution in [-0.2, 0) is 9.84 Å². The molecule has 3 nitrogen and oxygen atoms in total. The summed E-state index contributed by atoms with van der Waals surface area (Å²) in [5.41, 5.74) is 1.64. The Balaban J connectivity index is 2.31. The summed E-state index contributed by atoms with van der Waals surface area (Å²) in [6.07, 6.45) is 0.662. The molecule has 0 bridgehead atoms. The van der Waals surface area contributed by atoms with Crippen LogP contribution < -0.4 is 0 Å². The van der Waals surface area contributed by atoms with Crippen molar-refractivity contribution in [3.8, 4) is 0 Å². The third-order valence-corrected chi connectivity index (χ3v) is 4.57. The van der Waals surface area contributed by atoms with Crippen molar-refractivity contribution in [1.82, 2.24) is 4.98 Å². The third-order valence-electron chi connectivity index (χ3n) is 2.59. The smallest absolute Gasteiger partial charge is 0.151 e. The fraction of sp³-hybridized carbons (Fsp3) is 0.500. The minimum absolute atomic E-state index is 0.0207. The SMILES string of the molecule is Cc1cc(Cl)cc(C2CCS(=O)(=O)C2)n1. The maximum atomic E-state index is 11.3. The number of halogens is 1. The summed E-state index contributed by atoms with van der Waals surface area (Å²) in [5, 5.41) is 0.627. The van der Waals surface area contributed by atoms with Gasteiger partial charge < -0.3 is 0 Å². The molecule has 15 heavy (non-hydrogen) atoms. The molecule has 1 aromatic rings. The van der Waals surface area contributed by atoms with Crippen LogP contribution in [0.5, 0.6) is 0 Å². The van der Waals surface area contributed by atoms with E-state index in [2.05, 4.69) is 4.98 Å². The fourth-order valence-electron chi connectivity index (χ4n) is 1.89. The topological polar surface area (TPSA) is 47.0 Å². The zero-order chi connectivity index (χ0) is 11.1. The Morgan fingerprint density at radius 1 is 1.47 bits per heavy atom. The second-order valence-corrected chi connectivity index (χ2v) is 6.62. The first-order valence-electron chi connectivity index (χ1n) is 4.81. The van der Waals surface area contributed by atoms with E-state index in [0.717, 1.165) is 11.4 Å². The molecular weight excluding hydrogens is 234 g/mol. The van der Waals surface area contributed by atoms with Crippen molar-refractivity contribution in [2.24, 2.45) is 0 Å². The van der Waals surface area contributed by atoms with Gasteiger partial charge in [-0.1, -0.05) is 11.6 Å². The highest BCUT2D eigenvalue weighted by atomic mass is 35.5. The lowest BCUT2D eigenvalue weighted by atomic mass is 10.0. The average Bonchev–Trinajstić information content (AvgIpc) is 2.44. The first-order chi connectivity index (χ1) is 6.96. The summed E-state index contributed by atoms with van der Waals surface area (Å²) >= 11 is 5.91. The first kappa shape index (κ1) is 10.9. The molecule has 0 aliphatic carbocycles. The highest BCUT2D eigenvalue weighted by molar-refractivity contribution is 7.91. The van der Waals surface area contributed by atoms with E-state index in [1.165, 1.54) is 0 Å². The van der Waals surface area contributed by atoms with E-state index in [9.17, 15) is 8.42 Å². The molecule has 2 heterocycles. The van der Waals surface area contributed by atoms with Crippen molar-refractivity contribution in [2.75, 3.05) is 11.5 Å². The molecule has 1 aliphatic heterocycles. The monoisotopic (exact) mass is 245 g/mol. The third kappa shape index (κ3) is 2.49. The van der Waals surface area contributed by atoms with Gasteiger partial charge in [0.2, 0.25) is 0 Å². The first-order valence-corrected chi connectivity index (χ1v) is 7.01. The number of rotatable bonds is 1. The van der Waals surface area contributed by atoms with Gasteiger partial charge in [-0.25, -0.2) is 8.42 Å². The number of aryl methyl sites for hydroxylation is 1. The van der Waals surface area contributed by atoms with Gasteiger partial charge in [-0.3, -0.25) is 4.98 Å². The highest BCUT2D eigenvalue weighted by Gasteiger charge is 2.30. The van der Waals surface area contributed by atoms with Crippen LogP contribution in [0.4, 0.5) is 0 Å². The van der Waals surface area contributed by atoms with E-state index in [-0.39, 0.29) is 17.4 Å². The van der Waals surface area contributed by atoms with Gasteiger partial charge in [0.15, 0.2) is 9.84 Å². The van der Waals surface area contributed by atoms with Gasteiger partial charge >= 0.3 is 0 Å². The van der Waals surface area contributed by atoms with E-state index in [4.69, 9.17) is 11.6 Å².